The number of fused-ring (bicyclic) bond motifs is 1. The molecule has 1 heterocycles. The van der Waals surface area contributed by atoms with Crippen LogP contribution in [-0.2, 0) is 17.9 Å². The van der Waals surface area contributed by atoms with E-state index < -0.39 is 0 Å². The van der Waals surface area contributed by atoms with E-state index in [-0.39, 0.29) is 5.91 Å². The zero-order chi connectivity index (χ0) is 20.1. The van der Waals surface area contributed by atoms with Crippen molar-refractivity contribution in [1.29, 1.82) is 0 Å². The van der Waals surface area contributed by atoms with Crippen LogP contribution in [0.2, 0.25) is 0 Å². The van der Waals surface area contributed by atoms with Crippen LogP contribution in [0.3, 0.4) is 0 Å². The van der Waals surface area contributed by atoms with Crippen LogP contribution in [0.25, 0.3) is 10.8 Å². The molecule has 0 saturated carbocycles. The number of hydrogen-bond donors (Lipinski definition) is 0. The van der Waals surface area contributed by atoms with Gasteiger partial charge < -0.3 is 9.80 Å². The van der Waals surface area contributed by atoms with Crippen LogP contribution < -0.4 is 0 Å². The summed E-state index contributed by atoms with van der Waals surface area (Å²) in [4.78, 5) is 19.5. The Morgan fingerprint density at radius 2 is 1.45 bits per heavy atom. The summed E-state index contributed by atoms with van der Waals surface area (Å²) in [7, 11) is 2.11. The van der Waals surface area contributed by atoms with Gasteiger partial charge in [-0.15, -0.1) is 0 Å². The Morgan fingerprint density at radius 1 is 0.793 bits per heavy atom. The number of likely N-dealkylation sites (N-methyl/N-ethyl adjacent to an activating group) is 1. The van der Waals surface area contributed by atoms with Crippen molar-refractivity contribution >= 4 is 16.7 Å². The van der Waals surface area contributed by atoms with Crippen LogP contribution in [0.15, 0.2) is 72.8 Å². The van der Waals surface area contributed by atoms with E-state index in [0.717, 1.165) is 39.3 Å². The van der Waals surface area contributed by atoms with Gasteiger partial charge in [0.1, 0.15) is 0 Å². The van der Waals surface area contributed by atoms with Crippen molar-refractivity contribution < 1.29 is 4.79 Å². The Labute approximate surface area is 173 Å². The van der Waals surface area contributed by atoms with Crippen LogP contribution in [0.1, 0.15) is 11.1 Å². The highest BCUT2D eigenvalue weighted by Gasteiger charge is 2.21. The van der Waals surface area contributed by atoms with Gasteiger partial charge in [0, 0.05) is 39.3 Å². The van der Waals surface area contributed by atoms with Crippen molar-refractivity contribution in [3.8, 4) is 0 Å². The largest absolute Gasteiger partial charge is 0.339 e. The minimum Gasteiger partial charge on any atom is -0.339 e. The molecule has 4 rings (SSSR count). The molecular weight excluding hydrogens is 358 g/mol. The highest BCUT2D eigenvalue weighted by molar-refractivity contribution is 5.83. The normalized spacial score (nSPS) is 15.2. The minimum absolute atomic E-state index is 0.231. The number of hydrogen-bond acceptors (Lipinski definition) is 3. The average molecular weight is 388 g/mol. The zero-order valence-corrected chi connectivity index (χ0v) is 17.1. The van der Waals surface area contributed by atoms with Crippen molar-refractivity contribution in [2.24, 2.45) is 0 Å². The first kappa shape index (κ1) is 19.6. The maximum absolute atomic E-state index is 13.0. The van der Waals surface area contributed by atoms with Gasteiger partial charge in [0.05, 0.1) is 6.54 Å². The minimum atomic E-state index is 0.231. The predicted molar refractivity (Wildman–Crippen MR) is 119 cm³/mol. The molecule has 1 fully saturated rings. The maximum atomic E-state index is 13.0. The Hall–Kier alpha value is -2.69. The molecule has 1 amide bonds. The molecule has 1 aliphatic rings. The lowest BCUT2D eigenvalue weighted by Crippen LogP contribution is -2.49. The monoisotopic (exact) mass is 387 g/mol. The Bertz CT molecular complexity index is 948. The van der Waals surface area contributed by atoms with E-state index >= 15 is 0 Å². The average Bonchev–Trinajstić information content (AvgIpc) is 2.75. The van der Waals surface area contributed by atoms with Crippen molar-refractivity contribution in [3.63, 3.8) is 0 Å². The zero-order valence-electron chi connectivity index (χ0n) is 17.1. The quantitative estimate of drug-likeness (QED) is 0.646. The number of piperazine rings is 1. The van der Waals surface area contributed by atoms with Gasteiger partial charge in [-0.3, -0.25) is 9.69 Å². The summed E-state index contributed by atoms with van der Waals surface area (Å²) in [5.41, 5.74) is 2.48. The standard InChI is InChI=1S/C25H29N3O/c1-26-13-15-28(16-14-26)25(29)20-27(18-21-7-3-2-4-8-21)19-22-11-12-23-9-5-6-10-24(23)17-22/h2-12,17H,13-16,18-20H2,1H3. The number of carbonyl (C=O) groups excluding carboxylic acids is 1. The molecule has 0 unspecified atom stereocenters. The molecule has 0 N–H and O–H groups in total. The van der Waals surface area contributed by atoms with Gasteiger partial charge in [-0.05, 0) is 35.0 Å². The number of rotatable bonds is 6. The molecule has 1 aliphatic heterocycles. The summed E-state index contributed by atoms with van der Waals surface area (Å²) in [5, 5.41) is 2.49. The molecule has 29 heavy (non-hydrogen) atoms. The molecule has 0 radical (unpaired) electrons. The van der Waals surface area contributed by atoms with Gasteiger partial charge >= 0.3 is 0 Å². The van der Waals surface area contributed by atoms with Crippen LogP contribution in [0.5, 0.6) is 0 Å². The number of nitrogens with zero attached hydrogens (tertiary/aromatic N) is 3. The fourth-order valence-corrected chi connectivity index (χ4v) is 3.95. The van der Waals surface area contributed by atoms with Crippen molar-refractivity contribution in [1.82, 2.24) is 14.7 Å². The summed E-state index contributed by atoms with van der Waals surface area (Å²) in [5.74, 6) is 0.231. The predicted octanol–water partition coefficient (Wildman–Crippen LogP) is 3.62. The number of amides is 1. The molecule has 4 nitrogen and oxygen atoms in total. The highest BCUT2D eigenvalue weighted by atomic mass is 16.2. The first-order valence-electron chi connectivity index (χ1n) is 10.4. The highest BCUT2D eigenvalue weighted by Crippen LogP contribution is 2.18. The molecule has 0 atom stereocenters. The van der Waals surface area contributed by atoms with Gasteiger partial charge in [-0.25, -0.2) is 0 Å². The number of benzene rings is 3. The second-order valence-electron chi connectivity index (χ2n) is 8.00. The fourth-order valence-electron chi connectivity index (χ4n) is 3.95. The van der Waals surface area contributed by atoms with Crippen LogP contribution >= 0.6 is 0 Å². The first-order chi connectivity index (χ1) is 14.2. The third kappa shape index (κ3) is 5.22. The van der Waals surface area contributed by atoms with E-state index in [4.69, 9.17) is 0 Å². The van der Waals surface area contributed by atoms with E-state index in [0.29, 0.717) is 6.54 Å². The lowest BCUT2D eigenvalue weighted by molar-refractivity contribution is -0.134. The molecule has 0 aliphatic carbocycles. The smallest absolute Gasteiger partial charge is 0.236 e. The molecule has 1 saturated heterocycles. The SMILES string of the molecule is CN1CCN(C(=O)CN(Cc2ccccc2)Cc2ccc3ccccc3c2)CC1. The van der Waals surface area contributed by atoms with E-state index in [1.165, 1.54) is 21.9 Å². The molecule has 3 aromatic rings. The Morgan fingerprint density at radius 3 is 2.21 bits per heavy atom. The lowest BCUT2D eigenvalue weighted by atomic mass is 10.1. The van der Waals surface area contributed by atoms with Gasteiger partial charge in [-0.1, -0.05) is 66.7 Å². The Kier molecular flexibility index (Phi) is 6.23. The number of carbonyl (C=O) groups is 1. The topological polar surface area (TPSA) is 26.8 Å². The second-order valence-corrected chi connectivity index (χ2v) is 8.00. The summed E-state index contributed by atoms with van der Waals surface area (Å²) in [6.45, 7) is 5.54. The summed E-state index contributed by atoms with van der Waals surface area (Å²) in [6, 6.07) is 25.4. The molecular formula is C25H29N3O. The van der Waals surface area contributed by atoms with E-state index in [1.807, 2.05) is 11.0 Å². The molecule has 0 spiro atoms. The molecule has 3 aromatic carbocycles. The van der Waals surface area contributed by atoms with Gasteiger partial charge in [0.2, 0.25) is 5.91 Å². The fraction of sp³-hybridized carbons (Fsp3) is 0.320. The van der Waals surface area contributed by atoms with Crippen LogP contribution in [-0.4, -0.2) is 60.4 Å². The summed E-state index contributed by atoms with van der Waals surface area (Å²) >= 11 is 0. The maximum Gasteiger partial charge on any atom is 0.236 e. The van der Waals surface area contributed by atoms with Crippen LogP contribution in [0, 0.1) is 0 Å². The molecule has 150 valence electrons. The summed E-state index contributed by atoms with van der Waals surface area (Å²) < 4.78 is 0. The third-order valence-corrected chi connectivity index (χ3v) is 5.68. The van der Waals surface area contributed by atoms with Crippen molar-refractivity contribution in [2.45, 2.75) is 13.1 Å². The molecule has 0 aromatic heterocycles. The summed E-state index contributed by atoms with van der Waals surface area (Å²) in [6.07, 6.45) is 0. The molecule has 0 bridgehead atoms. The van der Waals surface area contributed by atoms with Crippen molar-refractivity contribution in [3.05, 3.63) is 83.9 Å². The van der Waals surface area contributed by atoms with Gasteiger partial charge in [0.15, 0.2) is 0 Å². The Balaban J connectivity index is 1.50. The molecule has 4 heteroatoms. The van der Waals surface area contributed by atoms with Gasteiger partial charge in [-0.2, -0.15) is 0 Å². The first-order valence-corrected chi connectivity index (χ1v) is 10.4. The van der Waals surface area contributed by atoms with E-state index in [9.17, 15) is 4.79 Å². The van der Waals surface area contributed by atoms with Gasteiger partial charge in [0.25, 0.3) is 0 Å². The van der Waals surface area contributed by atoms with Crippen molar-refractivity contribution in [2.75, 3.05) is 39.8 Å². The van der Waals surface area contributed by atoms with E-state index in [2.05, 4.69) is 83.6 Å². The van der Waals surface area contributed by atoms with Crippen LogP contribution in [0.4, 0.5) is 0 Å². The lowest BCUT2D eigenvalue weighted by Gasteiger charge is -2.34. The third-order valence-electron chi connectivity index (χ3n) is 5.68. The van der Waals surface area contributed by atoms with E-state index in [1.54, 1.807) is 0 Å². The second kappa shape index (κ2) is 9.21.